The first-order valence-corrected chi connectivity index (χ1v) is 7.24. The van der Waals surface area contributed by atoms with Gasteiger partial charge in [0.15, 0.2) is 0 Å². The van der Waals surface area contributed by atoms with E-state index in [0.29, 0.717) is 6.04 Å². The summed E-state index contributed by atoms with van der Waals surface area (Å²) in [5.41, 5.74) is 7.17. The van der Waals surface area contributed by atoms with Crippen LogP contribution in [0.5, 0.6) is 0 Å². The molecule has 1 aliphatic rings. The van der Waals surface area contributed by atoms with Gasteiger partial charge in [-0.15, -0.1) is 0 Å². The molecular weight excluding hydrogens is 230 g/mol. The van der Waals surface area contributed by atoms with Crippen LogP contribution in [0, 0.1) is 0 Å². The molecule has 0 bridgehead atoms. The van der Waals surface area contributed by atoms with Crippen LogP contribution in [0.2, 0.25) is 0 Å². The molecule has 0 amide bonds. The monoisotopic (exact) mass is 251 g/mol. The molecule has 98 valence electrons. The second kappa shape index (κ2) is 5.18. The first-order valence-electron chi connectivity index (χ1n) is 7.24. The average molecular weight is 251 g/mol. The Hall–Kier alpha value is -1.60. The summed E-state index contributed by atoms with van der Waals surface area (Å²) >= 11 is 0. The molecule has 1 nitrogen and oxygen atoms in total. The Kier molecular flexibility index (Phi) is 3.39. The lowest BCUT2D eigenvalue weighted by Crippen LogP contribution is -2.19. The van der Waals surface area contributed by atoms with Crippen LogP contribution >= 0.6 is 0 Å². The van der Waals surface area contributed by atoms with Crippen LogP contribution in [0.3, 0.4) is 0 Å². The Bertz CT molecular complexity index is 586. The highest BCUT2D eigenvalue weighted by Crippen LogP contribution is 2.37. The van der Waals surface area contributed by atoms with Crippen LogP contribution in [-0.2, 0) is 6.42 Å². The molecule has 0 radical (unpaired) electrons. The van der Waals surface area contributed by atoms with Gasteiger partial charge in [-0.2, -0.15) is 0 Å². The van der Waals surface area contributed by atoms with Crippen LogP contribution in [0.1, 0.15) is 43.0 Å². The number of nitrogens with one attached hydrogen (secondary N) is 1. The summed E-state index contributed by atoms with van der Waals surface area (Å²) in [7, 11) is 0. The van der Waals surface area contributed by atoms with E-state index in [2.05, 4.69) is 61.6 Å². The number of rotatable bonds is 4. The Labute approximate surface area is 115 Å². The molecule has 2 aromatic carbocycles. The molecule has 1 aliphatic carbocycles. The lowest BCUT2D eigenvalue weighted by molar-refractivity contribution is 0.571. The average Bonchev–Trinajstić information content (AvgIpc) is 2.82. The van der Waals surface area contributed by atoms with Gasteiger partial charge in [0, 0.05) is 6.04 Å². The van der Waals surface area contributed by atoms with Crippen LogP contribution in [0.15, 0.2) is 42.5 Å². The number of hydrogen-bond donors (Lipinski definition) is 1. The predicted molar refractivity (Wildman–Crippen MR) is 81.4 cm³/mol. The van der Waals surface area contributed by atoms with Crippen molar-refractivity contribution in [2.45, 2.75) is 32.7 Å². The molecule has 3 rings (SSSR count). The van der Waals surface area contributed by atoms with E-state index in [-0.39, 0.29) is 0 Å². The highest BCUT2D eigenvalue weighted by molar-refractivity contribution is 5.77. The minimum Gasteiger partial charge on any atom is -0.310 e. The molecule has 1 N–H and O–H groups in total. The minimum atomic E-state index is 0.429. The van der Waals surface area contributed by atoms with Crippen molar-refractivity contribution in [1.29, 1.82) is 0 Å². The van der Waals surface area contributed by atoms with Gasteiger partial charge < -0.3 is 5.32 Å². The fourth-order valence-electron chi connectivity index (χ4n) is 2.89. The molecule has 0 aliphatic heterocycles. The van der Waals surface area contributed by atoms with Crippen LogP contribution < -0.4 is 5.32 Å². The lowest BCUT2D eigenvalue weighted by atomic mass is 9.99. The second-order valence-electron chi connectivity index (χ2n) is 5.43. The van der Waals surface area contributed by atoms with E-state index in [1.165, 1.54) is 34.2 Å². The van der Waals surface area contributed by atoms with E-state index < -0.39 is 0 Å². The van der Waals surface area contributed by atoms with Gasteiger partial charge in [0.1, 0.15) is 0 Å². The molecule has 1 heteroatoms. The Balaban J connectivity index is 1.93. The summed E-state index contributed by atoms with van der Waals surface area (Å²) in [5.74, 6) is 0. The normalized spacial score (nSPS) is 14.0. The zero-order valence-corrected chi connectivity index (χ0v) is 11.7. The third-order valence-electron chi connectivity index (χ3n) is 4.02. The molecule has 0 saturated heterocycles. The second-order valence-corrected chi connectivity index (χ2v) is 5.43. The van der Waals surface area contributed by atoms with Gasteiger partial charge in [-0.25, -0.2) is 0 Å². The number of benzene rings is 2. The molecule has 19 heavy (non-hydrogen) atoms. The van der Waals surface area contributed by atoms with Crippen LogP contribution in [0.25, 0.3) is 11.1 Å². The van der Waals surface area contributed by atoms with Crippen molar-refractivity contribution in [2.24, 2.45) is 0 Å². The SMILES string of the molecule is CCCNC(C)c1ccc2c(c1)-c1ccccc1C2. The Morgan fingerprint density at radius 2 is 1.84 bits per heavy atom. The summed E-state index contributed by atoms with van der Waals surface area (Å²) in [6, 6.07) is 16.1. The van der Waals surface area contributed by atoms with Crippen molar-refractivity contribution >= 4 is 0 Å². The quantitative estimate of drug-likeness (QED) is 0.728. The number of hydrogen-bond acceptors (Lipinski definition) is 1. The summed E-state index contributed by atoms with van der Waals surface area (Å²) in [6.45, 7) is 5.53. The maximum Gasteiger partial charge on any atom is 0.0292 e. The standard InChI is InChI=1S/C18H21N/c1-3-10-19-13(2)14-8-9-16-11-15-6-4-5-7-17(15)18(16)12-14/h4-9,12-13,19H,3,10-11H2,1-2H3. The molecule has 1 unspecified atom stereocenters. The highest BCUT2D eigenvalue weighted by Gasteiger charge is 2.18. The first kappa shape index (κ1) is 12.4. The predicted octanol–water partition coefficient (Wildman–Crippen LogP) is 4.32. The molecule has 0 heterocycles. The summed E-state index contributed by atoms with van der Waals surface area (Å²) in [6.07, 6.45) is 2.26. The minimum absolute atomic E-state index is 0.429. The van der Waals surface area contributed by atoms with Crippen LogP contribution in [0.4, 0.5) is 0 Å². The molecular formula is C18H21N. The van der Waals surface area contributed by atoms with Gasteiger partial charge >= 0.3 is 0 Å². The van der Waals surface area contributed by atoms with Gasteiger partial charge in [0.05, 0.1) is 0 Å². The molecule has 0 aromatic heterocycles. The summed E-state index contributed by atoms with van der Waals surface area (Å²) < 4.78 is 0. The maximum atomic E-state index is 3.56. The summed E-state index contributed by atoms with van der Waals surface area (Å²) in [5, 5.41) is 3.56. The zero-order valence-electron chi connectivity index (χ0n) is 11.7. The van der Waals surface area contributed by atoms with E-state index in [0.717, 1.165) is 13.0 Å². The van der Waals surface area contributed by atoms with Crippen molar-refractivity contribution < 1.29 is 0 Å². The molecule has 0 spiro atoms. The number of fused-ring (bicyclic) bond motifs is 3. The third kappa shape index (κ3) is 2.31. The molecule has 0 saturated carbocycles. The largest absolute Gasteiger partial charge is 0.310 e. The van der Waals surface area contributed by atoms with Crippen molar-refractivity contribution in [3.63, 3.8) is 0 Å². The Morgan fingerprint density at radius 1 is 1.05 bits per heavy atom. The zero-order chi connectivity index (χ0) is 13.2. The molecule has 0 fully saturated rings. The van der Waals surface area contributed by atoms with Gasteiger partial charge in [-0.05, 0) is 60.2 Å². The highest BCUT2D eigenvalue weighted by atomic mass is 14.9. The van der Waals surface area contributed by atoms with Gasteiger partial charge in [-0.1, -0.05) is 43.3 Å². The summed E-state index contributed by atoms with van der Waals surface area (Å²) in [4.78, 5) is 0. The van der Waals surface area contributed by atoms with Gasteiger partial charge in [-0.3, -0.25) is 0 Å². The van der Waals surface area contributed by atoms with Gasteiger partial charge in [0.25, 0.3) is 0 Å². The molecule has 1 atom stereocenters. The topological polar surface area (TPSA) is 12.0 Å². The van der Waals surface area contributed by atoms with E-state index >= 15 is 0 Å². The third-order valence-corrected chi connectivity index (χ3v) is 4.02. The van der Waals surface area contributed by atoms with Crippen LogP contribution in [-0.4, -0.2) is 6.54 Å². The Morgan fingerprint density at radius 3 is 2.68 bits per heavy atom. The fourth-order valence-corrected chi connectivity index (χ4v) is 2.89. The lowest BCUT2D eigenvalue weighted by Gasteiger charge is -2.15. The van der Waals surface area contributed by atoms with Crippen molar-refractivity contribution in [3.05, 3.63) is 59.2 Å². The van der Waals surface area contributed by atoms with Crippen molar-refractivity contribution in [3.8, 4) is 11.1 Å². The van der Waals surface area contributed by atoms with E-state index in [9.17, 15) is 0 Å². The van der Waals surface area contributed by atoms with Crippen molar-refractivity contribution in [2.75, 3.05) is 6.54 Å². The van der Waals surface area contributed by atoms with E-state index in [1.54, 1.807) is 0 Å². The van der Waals surface area contributed by atoms with E-state index in [4.69, 9.17) is 0 Å². The van der Waals surface area contributed by atoms with Gasteiger partial charge in [0.2, 0.25) is 0 Å². The van der Waals surface area contributed by atoms with E-state index in [1.807, 2.05) is 0 Å². The smallest absolute Gasteiger partial charge is 0.0292 e. The maximum absolute atomic E-state index is 3.56. The van der Waals surface area contributed by atoms with Crippen molar-refractivity contribution in [1.82, 2.24) is 5.32 Å². The molecule has 2 aromatic rings. The fraction of sp³-hybridized carbons (Fsp3) is 0.333. The first-order chi connectivity index (χ1) is 9.29.